The van der Waals surface area contributed by atoms with Crippen LogP contribution < -0.4 is 11.1 Å². The maximum Gasteiger partial charge on any atom is 0.221 e. The minimum Gasteiger partial charge on any atom is -0.375 e. The number of carbonyl (C=O) groups is 1. The minimum atomic E-state index is 0.173. The van der Waals surface area contributed by atoms with E-state index in [4.69, 9.17) is 5.73 Å². The van der Waals surface area contributed by atoms with Crippen molar-refractivity contribution >= 4 is 34.1 Å². The van der Waals surface area contributed by atoms with Crippen molar-refractivity contribution < 1.29 is 4.79 Å². The molecule has 1 aliphatic rings. The topological polar surface area (TPSA) is 68.0 Å². The van der Waals surface area contributed by atoms with Gasteiger partial charge in [-0.3, -0.25) is 4.79 Å². The predicted octanol–water partition coefficient (Wildman–Crippen LogP) is 2.66. The third-order valence-electron chi connectivity index (χ3n) is 3.05. The standard InChI is InChI=1S/C12H19N3OS2/c13-12-14-8-11(18-12)17-7-6-10(16)15-9-4-2-1-3-5-9/h8-9H,1-7H2,(H2,13,14)(H,15,16). The molecular formula is C12H19N3OS2. The Bertz CT molecular complexity index is 388. The summed E-state index contributed by atoms with van der Waals surface area (Å²) in [5.41, 5.74) is 5.55. The third kappa shape index (κ3) is 4.49. The van der Waals surface area contributed by atoms with E-state index < -0.39 is 0 Å². The van der Waals surface area contributed by atoms with Crippen LogP contribution >= 0.6 is 23.1 Å². The Balaban J connectivity index is 1.62. The molecule has 0 aromatic carbocycles. The molecule has 100 valence electrons. The first-order valence-electron chi connectivity index (χ1n) is 6.37. The summed E-state index contributed by atoms with van der Waals surface area (Å²) < 4.78 is 1.08. The maximum absolute atomic E-state index is 11.7. The first kappa shape index (κ1) is 13.7. The molecule has 0 spiro atoms. The van der Waals surface area contributed by atoms with Crippen LogP contribution in [0.25, 0.3) is 0 Å². The van der Waals surface area contributed by atoms with Crippen LogP contribution in [-0.4, -0.2) is 22.7 Å². The fraction of sp³-hybridized carbons (Fsp3) is 0.667. The third-order valence-corrected chi connectivity index (χ3v) is 5.07. The van der Waals surface area contributed by atoms with Crippen molar-refractivity contribution in [2.24, 2.45) is 0 Å². The molecule has 1 heterocycles. The fourth-order valence-electron chi connectivity index (χ4n) is 2.13. The lowest BCUT2D eigenvalue weighted by molar-refractivity contribution is -0.121. The first-order valence-corrected chi connectivity index (χ1v) is 8.18. The van der Waals surface area contributed by atoms with E-state index in [-0.39, 0.29) is 5.91 Å². The van der Waals surface area contributed by atoms with Gasteiger partial charge >= 0.3 is 0 Å². The Hall–Kier alpha value is -0.750. The van der Waals surface area contributed by atoms with Crippen molar-refractivity contribution in [3.05, 3.63) is 6.20 Å². The quantitative estimate of drug-likeness (QED) is 0.816. The van der Waals surface area contributed by atoms with Crippen LogP contribution in [-0.2, 0) is 4.79 Å². The highest BCUT2D eigenvalue weighted by Crippen LogP contribution is 2.26. The van der Waals surface area contributed by atoms with Gasteiger partial charge in [0.1, 0.15) is 0 Å². The summed E-state index contributed by atoms with van der Waals surface area (Å²) in [4.78, 5) is 15.7. The monoisotopic (exact) mass is 285 g/mol. The number of nitrogen functional groups attached to an aromatic ring is 1. The van der Waals surface area contributed by atoms with Gasteiger partial charge in [-0.2, -0.15) is 0 Å². The minimum absolute atomic E-state index is 0.173. The molecule has 0 atom stereocenters. The average Bonchev–Trinajstić information content (AvgIpc) is 2.76. The lowest BCUT2D eigenvalue weighted by atomic mass is 9.95. The summed E-state index contributed by atoms with van der Waals surface area (Å²) in [5.74, 6) is 0.965. The maximum atomic E-state index is 11.7. The molecule has 0 aliphatic heterocycles. The number of hydrogen-bond donors (Lipinski definition) is 2. The van der Waals surface area contributed by atoms with Crippen molar-refractivity contribution in [2.45, 2.75) is 48.8 Å². The van der Waals surface area contributed by atoms with E-state index in [1.807, 2.05) is 0 Å². The van der Waals surface area contributed by atoms with Crippen LogP contribution in [0.2, 0.25) is 0 Å². The van der Waals surface area contributed by atoms with Gasteiger partial charge in [0.25, 0.3) is 0 Å². The van der Waals surface area contributed by atoms with E-state index in [9.17, 15) is 4.79 Å². The Morgan fingerprint density at radius 1 is 1.50 bits per heavy atom. The van der Waals surface area contributed by atoms with E-state index in [2.05, 4.69) is 10.3 Å². The van der Waals surface area contributed by atoms with Gasteiger partial charge in [0.2, 0.25) is 5.91 Å². The van der Waals surface area contributed by atoms with Gasteiger partial charge < -0.3 is 11.1 Å². The Labute approximate surface area is 116 Å². The molecule has 1 fully saturated rings. The number of nitrogens with one attached hydrogen (secondary N) is 1. The molecule has 0 radical (unpaired) electrons. The number of rotatable bonds is 5. The Morgan fingerprint density at radius 3 is 2.94 bits per heavy atom. The SMILES string of the molecule is Nc1ncc(SCCC(=O)NC2CCCCC2)s1. The van der Waals surface area contributed by atoms with Crippen molar-refractivity contribution in [2.75, 3.05) is 11.5 Å². The van der Waals surface area contributed by atoms with Crippen LogP contribution in [0.15, 0.2) is 10.4 Å². The summed E-state index contributed by atoms with van der Waals surface area (Å²) in [6.45, 7) is 0. The highest BCUT2D eigenvalue weighted by atomic mass is 32.2. The Morgan fingerprint density at radius 2 is 2.28 bits per heavy atom. The van der Waals surface area contributed by atoms with Crippen molar-refractivity contribution in [1.29, 1.82) is 0 Å². The second-order valence-corrected chi connectivity index (χ2v) is 6.98. The molecule has 1 aliphatic carbocycles. The molecule has 3 N–H and O–H groups in total. The smallest absolute Gasteiger partial charge is 0.221 e. The number of thioether (sulfide) groups is 1. The molecule has 1 aromatic heterocycles. The van der Waals surface area contributed by atoms with Crippen LogP contribution in [0.1, 0.15) is 38.5 Å². The van der Waals surface area contributed by atoms with Crippen molar-refractivity contribution in [3.63, 3.8) is 0 Å². The average molecular weight is 285 g/mol. The molecule has 0 unspecified atom stereocenters. The van der Waals surface area contributed by atoms with Crippen LogP contribution in [0.5, 0.6) is 0 Å². The molecule has 4 nitrogen and oxygen atoms in total. The fourth-order valence-corrected chi connectivity index (χ4v) is 3.90. The van der Waals surface area contributed by atoms with E-state index in [1.165, 1.54) is 30.6 Å². The summed E-state index contributed by atoms with van der Waals surface area (Å²) >= 11 is 3.12. The molecule has 6 heteroatoms. The van der Waals surface area contributed by atoms with Gasteiger partial charge in [-0.05, 0) is 12.8 Å². The number of thiazole rings is 1. The van der Waals surface area contributed by atoms with Crippen LogP contribution in [0.3, 0.4) is 0 Å². The second kappa shape index (κ2) is 6.99. The predicted molar refractivity (Wildman–Crippen MR) is 76.9 cm³/mol. The molecule has 0 saturated heterocycles. The molecule has 1 aromatic rings. The summed E-state index contributed by atoms with van der Waals surface area (Å²) in [5, 5.41) is 3.71. The van der Waals surface area contributed by atoms with Crippen LogP contribution in [0.4, 0.5) is 5.13 Å². The van der Waals surface area contributed by atoms with Gasteiger partial charge in [-0.25, -0.2) is 4.98 Å². The number of nitrogens with two attached hydrogens (primary N) is 1. The zero-order chi connectivity index (χ0) is 12.8. The van der Waals surface area contributed by atoms with Crippen molar-refractivity contribution in [1.82, 2.24) is 10.3 Å². The highest BCUT2D eigenvalue weighted by molar-refractivity contribution is 8.01. The van der Waals surface area contributed by atoms with Gasteiger partial charge in [-0.15, -0.1) is 11.8 Å². The van der Waals surface area contributed by atoms with E-state index in [0.717, 1.165) is 22.8 Å². The normalized spacial score (nSPS) is 16.7. The molecule has 18 heavy (non-hydrogen) atoms. The number of hydrogen-bond acceptors (Lipinski definition) is 5. The summed E-state index contributed by atoms with van der Waals surface area (Å²) in [6, 6.07) is 0.412. The zero-order valence-electron chi connectivity index (χ0n) is 10.4. The van der Waals surface area contributed by atoms with Gasteiger partial charge in [0.05, 0.1) is 10.4 Å². The number of nitrogens with zero attached hydrogens (tertiary/aromatic N) is 1. The number of aromatic nitrogens is 1. The lowest BCUT2D eigenvalue weighted by Gasteiger charge is -2.22. The van der Waals surface area contributed by atoms with Gasteiger partial charge in [0.15, 0.2) is 5.13 Å². The molecule has 2 rings (SSSR count). The number of amides is 1. The van der Waals surface area contributed by atoms with Gasteiger partial charge in [-0.1, -0.05) is 30.6 Å². The van der Waals surface area contributed by atoms with Gasteiger partial charge in [0, 0.05) is 18.2 Å². The summed E-state index contributed by atoms with van der Waals surface area (Å²) in [7, 11) is 0. The van der Waals surface area contributed by atoms with Crippen molar-refractivity contribution in [3.8, 4) is 0 Å². The highest BCUT2D eigenvalue weighted by Gasteiger charge is 2.15. The summed E-state index contributed by atoms with van der Waals surface area (Å²) in [6.07, 6.45) is 8.44. The molecule has 1 saturated carbocycles. The number of anilines is 1. The second-order valence-electron chi connectivity index (χ2n) is 4.52. The largest absolute Gasteiger partial charge is 0.375 e. The number of carbonyl (C=O) groups excluding carboxylic acids is 1. The van der Waals surface area contributed by atoms with E-state index >= 15 is 0 Å². The molecular weight excluding hydrogens is 266 g/mol. The Kier molecular flexibility index (Phi) is 5.31. The van der Waals surface area contributed by atoms with E-state index in [0.29, 0.717) is 17.6 Å². The lowest BCUT2D eigenvalue weighted by Crippen LogP contribution is -2.36. The first-order chi connectivity index (χ1) is 8.74. The van der Waals surface area contributed by atoms with Crippen LogP contribution in [0, 0.1) is 0 Å². The zero-order valence-corrected chi connectivity index (χ0v) is 12.0. The van der Waals surface area contributed by atoms with E-state index in [1.54, 1.807) is 18.0 Å². The molecule has 1 amide bonds. The molecule has 0 bridgehead atoms.